The molecule has 0 atom stereocenters. The number of nitrogens with zero attached hydrogens (tertiary/aromatic N) is 7. The minimum absolute atomic E-state index is 0.00353. The molecular weight excluding hydrogens is 520 g/mol. The van der Waals surface area contributed by atoms with Crippen molar-refractivity contribution in [2.75, 3.05) is 48.8 Å². The second-order valence-corrected chi connectivity index (χ2v) is 9.04. The summed E-state index contributed by atoms with van der Waals surface area (Å²) in [4.78, 5) is 40.5. The van der Waals surface area contributed by atoms with E-state index >= 15 is 8.78 Å². The molecule has 5 rings (SSSR count). The summed E-state index contributed by atoms with van der Waals surface area (Å²) in [6.45, 7) is 6.02. The second-order valence-electron chi connectivity index (χ2n) is 9.04. The molecule has 40 heavy (non-hydrogen) atoms. The molecule has 2 aromatic heterocycles. The van der Waals surface area contributed by atoms with Crippen LogP contribution in [-0.2, 0) is 4.79 Å². The average Bonchev–Trinajstić information content (AvgIpc) is 2.96. The number of rotatable bonds is 6. The van der Waals surface area contributed by atoms with E-state index in [9.17, 15) is 14.9 Å². The molecule has 0 unspecified atom stereocenters. The molecule has 13 heteroatoms. The highest BCUT2D eigenvalue weighted by Crippen LogP contribution is 2.29. The number of amides is 1. The number of nitriles is 1. The van der Waals surface area contributed by atoms with Gasteiger partial charge in [0.25, 0.3) is 5.56 Å². The fourth-order valence-electron chi connectivity index (χ4n) is 4.34. The molecule has 1 fully saturated rings. The van der Waals surface area contributed by atoms with E-state index in [0.717, 1.165) is 19.2 Å². The Kier molecular flexibility index (Phi) is 7.17. The van der Waals surface area contributed by atoms with Crippen LogP contribution in [0.1, 0.15) is 5.82 Å². The Morgan fingerprint density at radius 3 is 2.62 bits per heavy atom. The normalized spacial score (nSPS) is 13.6. The summed E-state index contributed by atoms with van der Waals surface area (Å²) in [5.74, 6) is -2.96. The first kappa shape index (κ1) is 26.4. The molecule has 1 aliphatic rings. The highest BCUT2D eigenvalue weighted by molar-refractivity contribution is 5.99. The Bertz CT molecular complexity index is 1740. The molecule has 2 N–H and O–H groups in total. The van der Waals surface area contributed by atoms with Crippen LogP contribution < -0.4 is 21.1 Å². The van der Waals surface area contributed by atoms with Crippen molar-refractivity contribution in [1.82, 2.24) is 24.4 Å². The lowest BCUT2D eigenvalue weighted by molar-refractivity contribution is -0.111. The highest BCUT2D eigenvalue weighted by Gasteiger charge is 2.22. The molecule has 0 spiro atoms. The van der Waals surface area contributed by atoms with Gasteiger partial charge in [-0.05, 0) is 43.5 Å². The number of carbonyl (C=O) groups is 1. The summed E-state index contributed by atoms with van der Waals surface area (Å²) >= 11 is 0. The lowest BCUT2D eigenvalue weighted by Gasteiger charge is -2.34. The first-order valence-corrected chi connectivity index (χ1v) is 12.2. The molecule has 1 aliphatic heterocycles. The van der Waals surface area contributed by atoms with E-state index < -0.39 is 23.1 Å². The Hall–Kier alpha value is -5.22. The number of aromatic nitrogens is 4. The summed E-state index contributed by atoms with van der Waals surface area (Å²) in [5.41, 5.74) is -0.0295. The average molecular weight is 544 g/mol. The van der Waals surface area contributed by atoms with Crippen LogP contribution in [0.25, 0.3) is 16.7 Å². The maximum atomic E-state index is 15.1. The van der Waals surface area contributed by atoms with Crippen LogP contribution in [-0.4, -0.2) is 63.6 Å². The van der Waals surface area contributed by atoms with E-state index in [1.165, 1.54) is 22.9 Å². The molecule has 1 amide bonds. The van der Waals surface area contributed by atoms with Gasteiger partial charge in [-0.1, -0.05) is 12.6 Å². The van der Waals surface area contributed by atoms with E-state index in [2.05, 4.69) is 37.1 Å². The molecule has 1 saturated heterocycles. The van der Waals surface area contributed by atoms with Crippen LogP contribution >= 0.6 is 0 Å². The first-order chi connectivity index (χ1) is 19.3. The van der Waals surface area contributed by atoms with Gasteiger partial charge in [-0.25, -0.2) is 13.8 Å². The summed E-state index contributed by atoms with van der Waals surface area (Å²) in [6, 6.07) is 11.2. The molecule has 11 nitrogen and oxygen atoms in total. The van der Waals surface area contributed by atoms with E-state index in [0.29, 0.717) is 24.5 Å². The number of benzene rings is 2. The lowest BCUT2D eigenvalue weighted by atomic mass is 10.2. The Morgan fingerprint density at radius 1 is 1.12 bits per heavy atom. The second kappa shape index (κ2) is 10.9. The third-order valence-electron chi connectivity index (χ3n) is 6.44. The number of fused-ring (bicyclic) bond motifs is 1. The minimum atomic E-state index is -1.10. The van der Waals surface area contributed by atoms with Crippen molar-refractivity contribution in [2.24, 2.45) is 0 Å². The molecule has 3 heterocycles. The van der Waals surface area contributed by atoms with Crippen molar-refractivity contribution in [3.05, 3.63) is 83.1 Å². The number of likely N-dealkylation sites (N-methyl/N-ethyl adjacent to an activating group) is 1. The standard InChI is InChI=1S/C27H23F2N9O2/c1-3-22(39)32-16-5-4-6-17(13-16)38-21(14-30)34-26(40)18-15-31-27(35-25(18)38)33-19-7-8-20(24(29)23(19)28)37-11-9-36(2)10-12-37/h3-8,13,15H,1,9-12H2,2H3,(H,32,39)(H,31,33,35). The van der Waals surface area contributed by atoms with Crippen molar-refractivity contribution < 1.29 is 13.6 Å². The molecule has 0 radical (unpaired) electrons. The third-order valence-corrected chi connectivity index (χ3v) is 6.44. The predicted molar refractivity (Wildman–Crippen MR) is 146 cm³/mol. The zero-order valence-corrected chi connectivity index (χ0v) is 21.4. The quantitative estimate of drug-likeness (QED) is 0.352. The van der Waals surface area contributed by atoms with Crippen LogP contribution in [0.15, 0.2) is 60.0 Å². The number of nitrogens with one attached hydrogen (secondary N) is 2. The largest absolute Gasteiger partial charge is 0.367 e. The SMILES string of the molecule is C=CC(=O)Nc1cccc(-n2c(C#N)nc(=O)c3cnc(Nc4ccc(N5CCN(C)CC5)c(F)c4F)nc32)c1. The first-order valence-electron chi connectivity index (χ1n) is 12.2. The summed E-state index contributed by atoms with van der Waals surface area (Å²) in [6.07, 6.45) is 2.29. The highest BCUT2D eigenvalue weighted by atomic mass is 19.2. The molecule has 0 bridgehead atoms. The fourth-order valence-corrected chi connectivity index (χ4v) is 4.34. The summed E-state index contributed by atoms with van der Waals surface area (Å²) in [7, 11) is 1.97. The summed E-state index contributed by atoms with van der Waals surface area (Å²) in [5, 5.41) is 15.0. The van der Waals surface area contributed by atoms with Gasteiger partial charge in [0.2, 0.25) is 17.7 Å². The maximum absolute atomic E-state index is 15.1. The van der Waals surface area contributed by atoms with Crippen molar-refractivity contribution in [3.63, 3.8) is 0 Å². The van der Waals surface area contributed by atoms with Gasteiger partial charge in [0.05, 0.1) is 17.1 Å². The minimum Gasteiger partial charge on any atom is -0.367 e. The van der Waals surface area contributed by atoms with Gasteiger partial charge in [0, 0.05) is 38.1 Å². The molecule has 0 aliphatic carbocycles. The van der Waals surface area contributed by atoms with Crippen molar-refractivity contribution in [1.29, 1.82) is 5.26 Å². The predicted octanol–water partition coefficient (Wildman–Crippen LogP) is 2.95. The van der Waals surface area contributed by atoms with Crippen LogP contribution in [0.4, 0.5) is 31.8 Å². The van der Waals surface area contributed by atoms with Gasteiger partial charge >= 0.3 is 0 Å². The molecule has 0 saturated carbocycles. The van der Waals surface area contributed by atoms with E-state index in [4.69, 9.17) is 0 Å². The number of anilines is 4. The monoisotopic (exact) mass is 543 g/mol. The third kappa shape index (κ3) is 5.07. The summed E-state index contributed by atoms with van der Waals surface area (Å²) < 4.78 is 31.5. The Labute approximate surface area is 227 Å². The van der Waals surface area contributed by atoms with Crippen LogP contribution in [0.5, 0.6) is 0 Å². The molecule has 4 aromatic rings. The fraction of sp³-hybridized carbons (Fsp3) is 0.185. The van der Waals surface area contributed by atoms with Gasteiger partial charge in [-0.3, -0.25) is 14.2 Å². The number of halogens is 2. The van der Waals surface area contributed by atoms with E-state index in [1.54, 1.807) is 29.2 Å². The van der Waals surface area contributed by atoms with Crippen molar-refractivity contribution in [3.8, 4) is 11.8 Å². The van der Waals surface area contributed by atoms with Gasteiger partial charge in [0.1, 0.15) is 11.5 Å². The zero-order valence-electron chi connectivity index (χ0n) is 21.4. The lowest BCUT2D eigenvalue weighted by Crippen LogP contribution is -2.44. The zero-order chi connectivity index (χ0) is 28.4. The van der Waals surface area contributed by atoms with Crippen LogP contribution in [0, 0.1) is 23.0 Å². The van der Waals surface area contributed by atoms with Crippen LogP contribution in [0.3, 0.4) is 0 Å². The van der Waals surface area contributed by atoms with Crippen LogP contribution in [0.2, 0.25) is 0 Å². The van der Waals surface area contributed by atoms with Crippen molar-refractivity contribution in [2.45, 2.75) is 0 Å². The smallest absolute Gasteiger partial charge is 0.284 e. The maximum Gasteiger partial charge on any atom is 0.284 e. The van der Waals surface area contributed by atoms with E-state index in [1.807, 2.05) is 13.1 Å². The van der Waals surface area contributed by atoms with Crippen molar-refractivity contribution >= 4 is 40.0 Å². The number of hydrogen-bond donors (Lipinski definition) is 2. The molecule has 2 aromatic carbocycles. The molecule has 202 valence electrons. The Balaban J connectivity index is 1.55. The number of piperazine rings is 1. The molecular formula is C27H23F2N9O2. The van der Waals surface area contributed by atoms with Gasteiger partial charge < -0.3 is 20.4 Å². The van der Waals surface area contributed by atoms with Gasteiger partial charge in [-0.2, -0.15) is 15.2 Å². The van der Waals surface area contributed by atoms with Gasteiger partial charge in [-0.15, -0.1) is 0 Å². The number of carbonyl (C=O) groups excluding carboxylic acids is 1. The topological polar surface area (TPSA) is 132 Å². The Morgan fingerprint density at radius 2 is 1.90 bits per heavy atom. The van der Waals surface area contributed by atoms with E-state index in [-0.39, 0.29) is 34.2 Å². The number of hydrogen-bond acceptors (Lipinski definition) is 9. The van der Waals surface area contributed by atoms with Gasteiger partial charge in [0.15, 0.2) is 17.3 Å².